The second-order valence-electron chi connectivity index (χ2n) is 6.22. The SMILES string of the molecule is COc1cncc(CN2CCC3(CC2)OCC[C@H](O)[C@@H]3O)c1. The van der Waals surface area contributed by atoms with Crippen LogP contribution in [0.15, 0.2) is 18.5 Å². The zero-order valence-electron chi connectivity index (χ0n) is 12.9. The molecule has 0 aromatic carbocycles. The number of aliphatic hydroxyl groups is 2. The quantitative estimate of drug-likeness (QED) is 0.850. The zero-order valence-corrected chi connectivity index (χ0v) is 12.9. The van der Waals surface area contributed by atoms with Crippen LogP contribution in [0, 0.1) is 0 Å². The van der Waals surface area contributed by atoms with Crippen molar-refractivity contribution in [1.29, 1.82) is 0 Å². The molecule has 1 spiro atoms. The van der Waals surface area contributed by atoms with E-state index in [1.165, 1.54) is 0 Å². The summed E-state index contributed by atoms with van der Waals surface area (Å²) >= 11 is 0. The van der Waals surface area contributed by atoms with E-state index in [1.54, 1.807) is 13.3 Å². The molecule has 3 rings (SSSR count). The molecule has 0 unspecified atom stereocenters. The fourth-order valence-electron chi connectivity index (χ4n) is 3.43. The first-order valence-electron chi connectivity index (χ1n) is 7.83. The van der Waals surface area contributed by atoms with Crippen LogP contribution in [0.4, 0.5) is 0 Å². The highest BCUT2D eigenvalue weighted by Gasteiger charge is 2.47. The number of aromatic nitrogens is 1. The lowest BCUT2D eigenvalue weighted by atomic mass is 9.80. The number of rotatable bonds is 3. The Balaban J connectivity index is 1.59. The number of hydrogen-bond donors (Lipinski definition) is 2. The smallest absolute Gasteiger partial charge is 0.137 e. The summed E-state index contributed by atoms with van der Waals surface area (Å²) in [5.41, 5.74) is 0.543. The topological polar surface area (TPSA) is 75.1 Å². The van der Waals surface area contributed by atoms with Crippen LogP contribution in [0.3, 0.4) is 0 Å². The Kier molecular flexibility index (Phi) is 4.63. The Labute approximate surface area is 130 Å². The molecular formula is C16H24N2O4. The molecule has 2 saturated heterocycles. The van der Waals surface area contributed by atoms with Gasteiger partial charge in [0.25, 0.3) is 0 Å². The number of nitrogens with zero attached hydrogens (tertiary/aromatic N) is 2. The molecular weight excluding hydrogens is 284 g/mol. The molecule has 1 aromatic rings. The van der Waals surface area contributed by atoms with E-state index in [4.69, 9.17) is 9.47 Å². The lowest BCUT2D eigenvalue weighted by Gasteiger charge is -2.48. The minimum Gasteiger partial charge on any atom is -0.495 e. The molecule has 2 atom stereocenters. The largest absolute Gasteiger partial charge is 0.495 e. The van der Waals surface area contributed by atoms with Crippen molar-refractivity contribution in [2.24, 2.45) is 0 Å². The summed E-state index contributed by atoms with van der Waals surface area (Å²) in [6, 6.07) is 1.99. The van der Waals surface area contributed by atoms with Crippen LogP contribution in [0.5, 0.6) is 5.75 Å². The molecule has 2 fully saturated rings. The summed E-state index contributed by atoms with van der Waals surface area (Å²) in [7, 11) is 1.64. The van der Waals surface area contributed by atoms with Crippen LogP contribution < -0.4 is 4.74 Å². The first-order chi connectivity index (χ1) is 10.6. The molecule has 0 bridgehead atoms. The Hall–Kier alpha value is -1.21. The molecule has 2 aliphatic heterocycles. The Morgan fingerprint density at radius 1 is 1.36 bits per heavy atom. The third-order valence-electron chi connectivity index (χ3n) is 4.82. The second-order valence-corrected chi connectivity index (χ2v) is 6.22. The highest BCUT2D eigenvalue weighted by Crippen LogP contribution is 2.35. The number of ether oxygens (including phenoxy) is 2. The third kappa shape index (κ3) is 3.10. The van der Waals surface area contributed by atoms with Crippen molar-refractivity contribution in [1.82, 2.24) is 9.88 Å². The van der Waals surface area contributed by atoms with Gasteiger partial charge >= 0.3 is 0 Å². The summed E-state index contributed by atoms with van der Waals surface area (Å²) in [6.07, 6.45) is 4.10. The van der Waals surface area contributed by atoms with Gasteiger partial charge in [-0.3, -0.25) is 9.88 Å². The van der Waals surface area contributed by atoms with Crippen molar-refractivity contribution >= 4 is 0 Å². The molecule has 0 saturated carbocycles. The van der Waals surface area contributed by atoms with Crippen molar-refractivity contribution in [3.63, 3.8) is 0 Å². The lowest BCUT2D eigenvalue weighted by Crippen LogP contribution is -2.59. The van der Waals surface area contributed by atoms with E-state index in [0.29, 0.717) is 13.0 Å². The molecule has 2 aliphatic rings. The van der Waals surface area contributed by atoms with E-state index < -0.39 is 17.8 Å². The molecule has 1 aromatic heterocycles. The van der Waals surface area contributed by atoms with Gasteiger partial charge in [0, 0.05) is 25.8 Å². The van der Waals surface area contributed by atoms with Gasteiger partial charge in [-0.1, -0.05) is 0 Å². The molecule has 22 heavy (non-hydrogen) atoms. The average molecular weight is 308 g/mol. The van der Waals surface area contributed by atoms with E-state index in [9.17, 15) is 10.2 Å². The normalized spacial score (nSPS) is 28.7. The summed E-state index contributed by atoms with van der Waals surface area (Å²) in [4.78, 5) is 6.50. The first kappa shape index (κ1) is 15.7. The van der Waals surface area contributed by atoms with Gasteiger partial charge in [-0.15, -0.1) is 0 Å². The minimum absolute atomic E-state index is 0.516. The monoisotopic (exact) mass is 308 g/mol. The fourth-order valence-corrected chi connectivity index (χ4v) is 3.43. The highest BCUT2D eigenvalue weighted by molar-refractivity contribution is 5.23. The van der Waals surface area contributed by atoms with Crippen LogP contribution in [0.25, 0.3) is 0 Å². The molecule has 6 heteroatoms. The van der Waals surface area contributed by atoms with Crippen molar-refractivity contribution in [3.05, 3.63) is 24.0 Å². The van der Waals surface area contributed by atoms with Gasteiger partial charge in [0.15, 0.2) is 0 Å². The predicted molar refractivity (Wildman–Crippen MR) is 80.6 cm³/mol. The number of likely N-dealkylation sites (tertiary alicyclic amines) is 1. The van der Waals surface area contributed by atoms with Crippen molar-refractivity contribution in [2.75, 3.05) is 26.8 Å². The maximum absolute atomic E-state index is 10.3. The average Bonchev–Trinajstić information content (AvgIpc) is 2.55. The Morgan fingerprint density at radius 2 is 2.14 bits per heavy atom. The molecule has 0 amide bonds. The summed E-state index contributed by atoms with van der Waals surface area (Å²) in [5.74, 6) is 0.764. The van der Waals surface area contributed by atoms with E-state index in [0.717, 1.165) is 43.8 Å². The number of methoxy groups -OCH3 is 1. The van der Waals surface area contributed by atoms with Gasteiger partial charge in [0.05, 0.1) is 31.6 Å². The van der Waals surface area contributed by atoms with Gasteiger partial charge in [-0.05, 0) is 30.9 Å². The Bertz CT molecular complexity index is 503. The number of pyridine rings is 1. The lowest BCUT2D eigenvalue weighted by molar-refractivity contribution is -0.214. The van der Waals surface area contributed by atoms with Crippen LogP contribution >= 0.6 is 0 Å². The van der Waals surface area contributed by atoms with Crippen LogP contribution in [0.2, 0.25) is 0 Å². The van der Waals surface area contributed by atoms with Crippen molar-refractivity contribution in [2.45, 2.75) is 43.6 Å². The molecule has 122 valence electrons. The van der Waals surface area contributed by atoms with E-state index >= 15 is 0 Å². The number of hydrogen-bond acceptors (Lipinski definition) is 6. The van der Waals surface area contributed by atoms with Gasteiger partial charge in [0.2, 0.25) is 0 Å². The van der Waals surface area contributed by atoms with Gasteiger partial charge in [-0.2, -0.15) is 0 Å². The van der Waals surface area contributed by atoms with E-state index in [2.05, 4.69) is 9.88 Å². The second kappa shape index (κ2) is 6.50. The van der Waals surface area contributed by atoms with Crippen LogP contribution in [-0.2, 0) is 11.3 Å². The van der Waals surface area contributed by atoms with Gasteiger partial charge in [0.1, 0.15) is 11.9 Å². The summed E-state index contributed by atoms with van der Waals surface area (Å²) in [5, 5.41) is 20.2. The van der Waals surface area contributed by atoms with E-state index in [-0.39, 0.29) is 0 Å². The molecule has 0 radical (unpaired) electrons. The van der Waals surface area contributed by atoms with Crippen LogP contribution in [-0.4, -0.2) is 64.7 Å². The minimum atomic E-state index is -0.776. The third-order valence-corrected chi connectivity index (χ3v) is 4.82. The fraction of sp³-hybridized carbons (Fsp3) is 0.688. The van der Waals surface area contributed by atoms with E-state index in [1.807, 2.05) is 12.3 Å². The Morgan fingerprint density at radius 3 is 2.86 bits per heavy atom. The maximum atomic E-state index is 10.3. The highest BCUT2D eigenvalue weighted by atomic mass is 16.5. The molecule has 3 heterocycles. The number of aliphatic hydroxyl groups excluding tert-OH is 2. The van der Waals surface area contributed by atoms with Crippen LogP contribution in [0.1, 0.15) is 24.8 Å². The van der Waals surface area contributed by atoms with Gasteiger partial charge in [-0.25, -0.2) is 0 Å². The summed E-state index contributed by atoms with van der Waals surface area (Å²) < 4.78 is 11.1. The maximum Gasteiger partial charge on any atom is 0.137 e. The molecule has 0 aliphatic carbocycles. The first-order valence-corrected chi connectivity index (χ1v) is 7.83. The molecule has 2 N–H and O–H groups in total. The van der Waals surface area contributed by atoms with Crippen molar-refractivity contribution < 1.29 is 19.7 Å². The molecule has 6 nitrogen and oxygen atoms in total. The standard InChI is InChI=1S/C16H24N2O4/c1-21-13-8-12(9-17-10-13)11-18-5-3-16(4-6-18)15(20)14(19)2-7-22-16/h8-10,14-15,19-20H,2-7,11H2,1H3/t14-,15-/m0/s1. The number of piperidine rings is 1. The predicted octanol–water partition coefficient (Wildman–Crippen LogP) is 0.567. The summed E-state index contributed by atoms with van der Waals surface area (Å²) in [6.45, 7) is 3.00. The van der Waals surface area contributed by atoms with Crippen molar-refractivity contribution in [3.8, 4) is 5.75 Å². The zero-order chi connectivity index (χ0) is 15.6. The van der Waals surface area contributed by atoms with Gasteiger partial charge < -0.3 is 19.7 Å².